The third-order valence-corrected chi connectivity index (χ3v) is 3.29. The van der Waals surface area contributed by atoms with E-state index in [2.05, 4.69) is 16.3 Å². The first kappa shape index (κ1) is 12.0. The van der Waals surface area contributed by atoms with Crippen molar-refractivity contribution < 1.29 is 9.53 Å². The topological polar surface area (TPSA) is 55.0 Å². The first-order chi connectivity index (χ1) is 8.29. The van der Waals surface area contributed by atoms with Gasteiger partial charge >= 0.3 is 5.97 Å². The molecule has 0 atom stereocenters. The molecule has 4 nitrogen and oxygen atoms in total. The molecule has 1 aromatic carbocycles. The van der Waals surface area contributed by atoms with Gasteiger partial charge in [-0.1, -0.05) is 0 Å². The highest BCUT2D eigenvalue weighted by Gasteiger charge is 2.03. The summed E-state index contributed by atoms with van der Waals surface area (Å²) in [6.45, 7) is 2.27. The van der Waals surface area contributed by atoms with Crippen LogP contribution in [-0.4, -0.2) is 28.5 Å². The summed E-state index contributed by atoms with van der Waals surface area (Å²) in [7, 11) is 0. The lowest BCUT2D eigenvalue weighted by Gasteiger charge is -2.02. The Balaban J connectivity index is 1.88. The number of thioether (sulfide) groups is 1. The van der Waals surface area contributed by atoms with E-state index in [9.17, 15) is 4.79 Å². The van der Waals surface area contributed by atoms with E-state index in [0.717, 1.165) is 21.6 Å². The van der Waals surface area contributed by atoms with E-state index in [-0.39, 0.29) is 5.97 Å². The number of hydrogen-bond acceptors (Lipinski definition) is 4. The van der Waals surface area contributed by atoms with Gasteiger partial charge in [-0.05, 0) is 25.1 Å². The van der Waals surface area contributed by atoms with Gasteiger partial charge in [0.1, 0.15) is 0 Å². The average molecular weight is 250 g/mol. The maximum absolute atomic E-state index is 11.2. The van der Waals surface area contributed by atoms with E-state index in [0.29, 0.717) is 13.0 Å². The van der Waals surface area contributed by atoms with Crippen LogP contribution in [0.1, 0.15) is 13.3 Å². The molecule has 90 valence electrons. The Hall–Kier alpha value is -1.49. The number of rotatable bonds is 5. The van der Waals surface area contributed by atoms with Crippen molar-refractivity contribution in [2.75, 3.05) is 12.4 Å². The van der Waals surface area contributed by atoms with Crippen LogP contribution in [-0.2, 0) is 9.53 Å². The van der Waals surface area contributed by atoms with Gasteiger partial charge in [0.15, 0.2) is 0 Å². The van der Waals surface area contributed by atoms with Gasteiger partial charge in [0.05, 0.1) is 24.7 Å². The van der Waals surface area contributed by atoms with Crippen LogP contribution in [0.2, 0.25) is 0 Å². The molecule has 5 heteroatoms. The van der Waals surface area contributed by atoms with E-state index in [1.165, 1.54) is 0 Å². The average Bonchev–Trinajstić information content (AvgIpc) is 2.76. The number of carbonyl (C=O) groups is 1. The number of aromatic nitrogens is 2. The number of hydrogen-bond donors (Lipinski definition) is 1. The van der Waals surface area contributed by atoms with E-state index >= 15 is 0 Å². The Bertz CT molecular complexity index is 510. The zero-order chi connectivity index (χ0) is 12.1. The fraction of sp³-hybridized carbons (Fsp3) is 0.333. The van der Waals surface area contributed by atoms with Crippen molar-refractivity contribution in [1.29, 1.82) is 0 Å². The van der Waals surface area contributed by atoms with Gasteiger partial charge in [-0.25, -0.2) is 0 Å². The maximum Gasteiger partial charge on any atom is 0.306 e. The smallest absolute Gasteiger partial charge is 0.306 e. The first-order valence-corrected chi connectivity index (χ1v) is 6.49. The van der Waals surface area contributed by atoms with Gasteiger partial charge in [-0.3, -0.25) is 9.89 Å². The molecule has 1 aromatic heterocycles. The van der Waals surface area contributed by atoms with Crippen LogP contribution < -0.4 is 0 Å². The number of esters is 1. The van der Waals surface area contributed by atoms with Gasteiger partial charge in [0.2, 0.25) is 0 Å². The van der Waals surface area contributed by atoms with E-state index in [1.54, 1.807) is 18.0 Å². The molecule has 1 N–H and O–H groups in total. The first-order valence-electron chi connectivity index (χ1n) is 5.51. The number of nitrogens with zero attached hydrogens (tertiary/aromatic N) is 1. The van der Waals surface area contributed by atoms with Crippen LogP contribution in [0.15, 0.2) is 29.3 Å². The molecule has 0 aliphatic heterocycles. The summed E-state index contributed by atoms with van der Waals surface area (Å²) in [5, 5.41) is 7.96. The van der Waals surface area contributed by atoms with Gasteiger partial charge < -0.3 is 4.74 Å². The molecule has 0 amide bonds. The van der Waals surface area contributed by atoms with Crippen LogP contribution in [0.3, 0.4) is 0 Å². The Morgan fingerprint density at radius 2 is 2.41 bits per heavy atom. The molecule has 0 saturated carbocycles. The van der Waals surface area contributed by atoms with Crippen molar-refractivity contribution in [3.8, 4) is 0 Å². The molecule has 0 aliphatic carbocycles. The fourth-order valence-corrected chi connectivity index (χ4v) is 2.37. The van der Waals surface area contributed by atoms with Crippen molar-refractivity contribution >= 4 is 28.6 Å². The van der Waals surface area contributed by atoms with Gasteiger partial charge in [0.25, 0.3) is 0 Å². The third-order valence-electron chi connectivity index (χ3n) is 2.29. The summed E-state index contributed by atoms with van der Waals surface area (Å²) < 4.78 is 4.87. The Labute approximate surface area is 104 Å². The minimum absolute atomic E-state index is 0.135. The van der Waals surface area contributed by atoms with Crippen molar-refractivity contribution in [3.63, 3.8) is 0 Å². The number of ether oxygens (including phenoxy) is 1. The second kappa shape index (κ2) is 5.72. The largest absolute Gasteiger partial charge is 0.466 e. The van der Waals surface area contributed by atoms with Crippen LogP contribution >= 0.6 is 11.8 Å². The summed E-state index contributed by atoms with van der Waals surface area (Å²) in [6.07, 6.45) is 2.24. The Morgan fingerprint density at radius 1 is 1.53 bits per heavy atom. The number of fused-ring (bicyclic) bond motifs is 1. The number of carbonyl (C=O) groups excluding carboxylic acids is 1. The van der Waals surface area contributed by atoms with Gasteiger partial charge in [-0.2, -0.15) is 5.10 Å². The number of nitrogens with one attached hydrogen (secondary N) is 1. The SMILES string of the molecule is CCOC(=O)CCSc1ccc2[nH]ncc2c1. The number of aromatic amines is 1. The lowest BCUT2D eigenvalue weighted by atomic mass is 10.3. The van der Waals surface area contributed by atoms with Crippen molar-refractivity contribution in [2.45, 2.75) is 18.2 Å². The highest BCUT2D eigenvalue weighted by Crippen LogP contribution is 2.22. The zero-order valence-corrected chi connectivity index (χ0v) is 10.4. The molecule has 0 radical (unpaired) electrons. The molecule has 0 bridgehead atoms. The monoisotopic (exact) mass is 250 g/mol. The van der Waals surface area contributed by atoms with E-state index in [4.69, 9.17) is 4.74 Å². The normalized spacial score (nSPS) is 10.6. The molecule has 2 rings (SSSR count). The van der Waals surface area contributed by atoms with Crippen molar-refractivity contribution in [1.82, 2.24) is 10.2 Å². The van der Waals surface area contributed by atoms with Crippen molar-refractivity contribution in [2.24, 2.45) is 0 Å². The van der Waals surface area contributed by atoms with E-state index in [1.807, 2.05) is 19.1 Å². The third kappa shape index (κ3) is 3.23. The molecule has 0 saturated heterocycles. The van der Waals surface area contributed by atoms with Gasteiger partial charge in [-0.15, -0.1) is 11.8 Å². The summed E-state index contributed by atoms with van der Waals surface area (Å²) in [4.78, 5) is 12.3. The molecule has 2 aromatic rings. The Morgan fingerprint density at radius 3 is 3.24 bits per heavy atom. The van der Waals surface area contributed by atoms with Crippen LogP contribution in [0.25, 0.3) is 10.9 Å². The van der Waals surface area contributed by atoms with Crippen LogP contribution in [0, 0.1) is 0 Å². The zero-order valence-electron chi connectivity index (χ0n) is 9.60. The predicted molar refractivity (Wildman–Crippen MR) is 68.1 cm³/mol. The second-order valence-electron chi connectivity index (χ2n) is 3.52. The lowest BCUT2D eigenvalue weighted by Crippen LogP contribution is -2.04. The van der Waals surface area contributed by atoms with Gasteiger partial charge in [0, 0.05) is 16.0 Å². The van der Waals surface area contributed by atoms with E-state index < -0.39 is 0 Å². The standard InChI is InChI=1S/C12H14N2O2S/c1-2-16-12(15)5-6-17-10-3-4-11-9(7-10)8-13-14-11/h3-4,7-8H,2,5-6H2,1H3,(H,13,14). The maximum atomic E-state index is 11.2. The molecule has 0 unspecified atom stereocenters. The molecule has 1 heterocycles. The number of H-pyrrole nitrogens is 1. The summed E-state index contributed by atoms with van der Waals surface area (Å²) in [5.74, 6) is 0.603. The molecule has 0 spiro atoms. The Kier molecular flexibility index (Phi) is 4.03. The van der Waals surface area contributed by atoms with Crippen LogP contribution in [0.5, 0.6) is 0 Å². The van der Waals surface area contributed by atoms with Crippen LogP contribution in [0.4, 0.5) is 0 Å². The second-order valence-corrected chi connectivity index (χ2v) is 4.69. The molecule has 17 heavy (non-hydrogen) atoms. The molecular formula is C12H14N2O2S. The summed E-state index contributed by atoms with van der Waals surface area (Å²) in [6, 6.07) is 6.08. The highest BCUT2D eigenvalue weighted by molar-refractivity contribution is 7.99. The molecular weight excluding hydrogens is 236 g/mol. The lowest BCUT2D eigenvalue weighted by molar-refractivity contribution is -0.142. The minimum Gasteiger partial charge on any atom is -0.466 e. The quantitative estimate of drug-likeness (QED) is 0.654. The summed E-state index contributed by atoms with van der Waals surface area (Å²) in [5.41, 5.74) is 1.03. The minimum atomic E-state index is -0.135. The summed E-state index contributed by atoms with van der Waals surface area (Å²) >= 11 is 1.65. The fourth-order valence-electron chi connectivity index (χ4n) is 1.50. The molecule has 0 fully saturated rings. The van der Waals surface area contributed by atoms with Crippen molar-refractivity contribution in [3.05, 3.63) is 24.4 Å². The molecule has 0 aliphatic rings. The highest BCUT2D eigenvalue weighted by atomic mass is 32.2. The predicted octanol–water partition coefficient (Wildman–Crippen LogP) is 2.61. The number of benzene rings is 1.